The summed E-state index contributed by atoms with van der Waals surface area (Å²) >= 11 is 0. The lowest BCUT2D eigenvalue weighted by atomic mass is 9.81. The van der Waals surface area contributed by atoms with Crippen LogP contribution in [0.1, 0.15) is 38.2 Å². The van der Waals surface area contributed by atoms with Crippen LogP contribution in [-0.4, -0.2) is 51.6 Å². The number of amides is 1. The average molecular weight is 465 g/mol. The Morgan fingerprint density at radius 1 is 1.24 bits per heavy atom. The number of carbonyl (C=O) groups excluding carboxylic acids is 1. The molecule has 1 atom stereocenters. The van der Waals surface area contributed by atoms with E-state index in [0.717, 1.165) is 25.2 Å². The first-order valence-corrected chi connectivity index (χ1v) is 10.7. The zero-order chi connectivity index (χ0) is 23.9. The van der Waals surface area contributed by atoms with Crippen molar-refractivity contribution in [2.75, 3.05) is 29.2 Å². The Balaban J connectivity index is 1.32. The van der Waals surface area contributed by atoms with E-state index in [4.69, 9.17) is 4.74 Å². The van der Waals surface area contributed by atoms with E-state index in [9.17, 15) is 18.0 Å². The highest BCUT2D eigenvalue weighted by Gasteiger charge is 2.37. The smallest absolute Gasteiger partial charge is 0.451 e. The standard InChI is InChI=1S/C21H26F3N7O2/c1-10(2)16-18(32)29-15-11(3)27-20(30-17(15)31(16)4)28-13-5-12(6-13)9-33-14-7-25-19(26-8-14)21(22,23)24/h7-8,10,12-13,16H,5-6,9H2,1-4H3,(H,29,32)(H,27,28,30)/t12?,13?,16-/m0/s1. The quantitative estimate of drug-likeness (QED) is 0.670. The maximum atomic E-state index is 12.5. The summed E-state index contributed by atoms with van der Waals surface area (Å²) in [6.07, 6.45) is -0.885. The third-order valence-electron chi connectivity index (χ3n) is 5.91. The van der Waals surface area contributed by atoms with E-state index >= 15 is 0 Å². The number of fused-ring (bicyclic) bond motifs is 1. The summed E-state index contributed by atoms with van der Waals surface area (Å²) in [6.45, 7) is 6.18. The average Bonchev–Trinajstić information content (AvgIpc) is 2.70. The van der Waals surface area contributed by atoms with Crippen molar-refractivity contribution in [3.63, 3.8) is 0 Å². The molecule has 178 valence electrons. The van der Waals surface area contributed by atoms with Crippen molar-refractivity contribution in [1.82, 2.24) is 19.9 Å². The van der Waals surface area contributed by atoms with Crippen LogP contribution in [0.5, 0.6) is 5.75 Å². The van der Waals surface area contributed by atoms with Gasteiger partial charge < -0.3 is 20.3 Å². The van der Waals surface area contributed by atoms with Crippen LogP contribution in [0.4, 0.5) is 30.6 Å². The summed E-state index contributed by atoms with van der Waals surface area (Å²) in [5.41, 5.74) is 1.31. The fourth-order valence-electron chi connectivity index (χ4n) is 4.20. The van der Waals surface area contributed by atoms with Gasteiger partial charge in [-0.2, -0.15) is 18.2 Å². The summed E-state index contributed by atoms with van der Waals surface area (Å²) in [5.74, 6) is 0.508. The topological polar surface area (TPSA) is 105 Å². The number of aryl methyl sites for hydroxylation is 1. The number of hydrogen-bond acceptors (Lipinski definition) is 8. The molecule has 0 aromatic carbocycles. The van der Waals surface area contributed by atoms with Crippen molar-refractivity contribution in [2.45, 2.75) is 51.9 Å². The van der Waals surface area contributed by atoms with Crippen LogP contribution < -0.4 is 20.3 Å². The van der Waals surface area contributed by atoms with Gasteiger partial charge in [-0.3, -0.25) is 4.79 Å². The van der Waals surface area contributed by atoms with E-state index in [1.54, 1.807) is 0 Å². The van der Waals surface area contributed by atoms with Gasteiger partial charge in [0.2, 0.25) is 17.7 Å². The molecule has 2 aromatic heterocycles. The zero-order valence-electron chi connectivity index (χ0n) is 18.8. The molecule has 33 heavy (non-hydrogen) atoms. The van der Waals surface area contributed by atoms with Crippen LogP contribution in [0.2, 0.25) is 0 Å². The number of nitrogens with zero attached hydrogens (tertiary/aromatic N) is 5. The van der Waals surface area contributed by atoms with Crippen LogP contribution in [0.15, 0.2) is 12.4 Å². The number of likely N-dealkylation sites (N-methyl/N-ethyl adjacent to an activating group) is 1. The Kier molecular flexibility index (Phi) is 6.02. The molecule has 0 bridgehead atoms. The minimum Gasteiger partial charge on any atom is -0.490 e. The normalized spacial score (nSPS) is 22.5. The van der Waals surface area contributed by atoms with E-state index in [-0.39, 0.29) is 35.6 Å². The molecule has 12 heteroatoms. The Hall–Kier alpha value is -3.18. The van der Waals surface area contributed by atoms with Crippen LogP contribution >= 0.6 is 0 Å². The van der Waals surface area contributed by atoms with Crippen LogP contribution in [0.3, 0.4) is 0 Å². The van der Waals surface area contributed by atoms with Crippen LogP contribution in [0, 0.1) is 18.8 Å². The minimum absolute atomic E-state index is 0.0623. The number of ether oxygens (including phenoxy) is 1. The molecule has 1 aliphatic heterocycles. The second kappa shape index (κ2) is 8.64. The van der Waals surface area contributed by atoms with E-state index in [1.807, 2.05) is 32.7 Å². The first kappa shape index (κ1) is 23.0. The van der Waals surface area contributed by atoms with Gasteiger partial charge >= 0.3 is 6.18 Å². The third-order valence-corrected chi connectivity index (χ3v) is 5.91. The highest BCUT2D eigenvalue weighted by Crippen LogP contribution is 2.36. The molecule has 0 unspecified atom stereocenters. The molecule has 0 saturated heterocycles. The fourth-order valence-corrected chi connectivity index (χ4v) is 4.20. The fraction of sp³-hybridized carbons (Fsp3) is 0.571. The van der Waals surface area contributed by atoms with Gasteiger partial charge in [0.05, 0.1) is 24.7 Å². The second-order valence-electron chi connectivity index (χ2n) is 8.85. The lowest BCUT2D eigenvalue weighted by molar-refractivity contribution is -0.145. The van der Waals surface area contributed by atoms with Gasteiger partial charge in [0.1, 0.15) is 11.7 Å². The number of alkyl halides is 3. The number of anilines is 3. The van der Waals surface area contributed by atoms with Gasteiger partial charge in [-0.1, -0.05) is 13.8 Å². The van der Waals surface area contributed by atoms with Crippen molar-refractivity contribution < 1.29 is 22.7 Å². The zero-order valence-corrected chi connectivity index (χ0v) is 18.8. The lowest BCUT2D eigenvalue weighted by Gasteiger charge is -2.38. The molecule has 1 amide bonds. The molecule has 1 saturated carbocycles. The Labute approximate surface area is 189 Å². The molecule has 9 nitrogen and oxygen atoms in total. The van der Waals surface area contributed by atoms with Crippen LogP contribution in [-0.2, 0) is 11.0 Å². The second-order valence-corrected chi connectivity index (χ2v) is 8.85. The molecule has 2 N–H and O–H groups in total. The highest BCUT2D eigenvalue weighted by atomic mass is 19.4. The lowest BCUT2D eigenvalue weighted by Crippen LogP contribution is -2.50. The monoisotopic (exact) mass is 465 g/mol. The maximum Gasteiger partial charge on any atom is 0.451 e. The summed E-state index contributed by atoms with van der Waals surface area (Å²) in [4.78, 5) is 30.1. The summed E-state index contributed by atoms with van der Waals surface area (Å²) in [6, 6.07) is -0.150. The summed E-state index contributed by atoms with van der Waals surface area (Å²) in [5, 5.41) is 6.26. The molecule has 2 aliphatic rings. The van der Waals surface area contributed by atoms with Gasteiger partial charge in [-0.05, 0) is 31.6 Å². The molecular formula is C21H26F3N7O2. The minimum atomic E-state index is -4.57. The van der Waals surface area contributed by atoms with Gasteiger partial charge in [0.25, 0.3) is 0 Å². The Morgan fingerprint density at radius 3 is 2.52 bits per heavy atom. The van der Waals surface area contributed by atoms with Crippen molar-refractivity contribution >= 4 is 23.4 Å². The van der Waals surface area contributed by atoms with E-state index in [2.05, 4.69) is 30.6 Å². The predicted octanol–water partition coefficient (Wildman–Crippen LogP) is 3.28. The maximum absolute atomic E-state index is 12.5. The first-order valence-electron chi connectivity index (χ1n) is 10.7. The number of carbonyl (C=O) groups is 1. The number of nitrogens with one attached hydrogen (secondary N) is 2. The summed E-state index contributed by atoms with van der Waals surface area (Å²) < 4.78 is 43.1. The van der Waals surface area contributed by atoms with Crippen LogP contribution in [0.25, 0.3) is 0 Å². The largest absolute Gasteiger partial charge is 0.490 e. The molecule has 1 aliphatic carbocycles. The molecule has 0 spiro atoms. The van der Waals surface area contributed by atoms with Gasteiger partial charge in [-0.25, -0.2) is 15.0 Å². The molecule has 4 rings (SSSR count). The Bertz CT molecular complexity index is 1020. The SMILES string of the molecule is Cc1nc(NC2CC(COc3cnc(C(F)(F)F)nc3)C2)nc2c1NC(=O)[C@H](C(C)C)N2C. The molecular weight excluding hydrogens is 439 g/mol. The van der Waals surface area contributed by atoms with Crippen molar-refractivity contribution in [3.8, 4) is 5.75 Å². The summed E-state index contributed by atoms with van der Waals surface area (Å²) in [7, 11) is 1.86. The van der Waals surface area contributed by atoms with Gasteiger partial charge in [0, 0.05) is 13.1 Å². The van der Waals surface area contributed by atoms with Crippen molar-refractivity contribution in [3.05, 3.63) is 23.9 Å². The van der Waals surface area contributed by atoms with Crippen molar-refractivity contribution in [1.29, 1.82) is 0 Å². The van der Waals surface area contributed by atoms with Gasteiger partial charge in [0.15, 0.2) is 11.6 Å². The van der Waals surface area contributed by atoms with E-state index in [0.29, 0.717) is 29.8 Å². The molecule has 3 heterocycles. The first-order chi connectivity index (χ1) is 15.5. The Morgan fingerprint density at radius 2 is 1.91 bits per heavy atom. The molecule has 2 aromatic rings. The number of aromatic nitrogens is 4. The predicted molar refractivity (Wildman–Crippen MR) is 115 cm³/mol. The highest BCUT2D eigenvalue weighted by molar-refractivity contribution is 6.03. The van der Waals surface area contributed by atoms with E-state index in [1.165, 1.54) is 0 Å². The number of halogens is 3. The van der Waals surface area contributed by atoms with Gasteiger partial charge in [-0.15, -0.1) is 0 Å². The molecule has 0 radical (unpaired) electrons. The van der Waals surface area contributed by atoms with E-state index < -0.39 is 12.0 Å². The third kappa shape index (κ3) is 4.79. The van der Waals surface area contributed by atoms with Crippen molar-refractivity contribution in [2.24, 2.45) is 11.8 Å². The number of hydrogen-bond donors (Lipinski definition) is 2. The molecule has 1 fully saturated rings. The number of rotatable bonds is 6.